The quantitative estimate of drug-likeness (QED) is 0.0711. The van der Waals surface area contributed by atoms with Crippen LogP contribution in [0.1, 0.15) is 52.4 Å². The molecule has 0 aliphatic carbocycles. The number of hydrogen-bond donors (Lipinski definition) is 2. The SMILES string of the molecule is COc1ccccc1N1CCN(CCCOc2cc(C(=O)c3cn(CCCC(=O)O)c4ccccc34)ccc2NC(c2ccccc2)c2ccccc2)CC1. The molecule has 1 fully saturated rings. The van der Waals surface area contributed by atoms with Crippen molar-refractivity contribution in [3.05, 3.63) is 156 Å². The number of ether oxygens (including phenoxy) is 2. The second-order valence-corrected chi connectivity index (χ2v) is 13.9. The number of ketones is 1. The number of carboxylic acid groups (broad SMARTS) is 1. The van der Waals surface area contributed by atoms with Gasteiger partial charge in [0, 0.05) is 73.9 Å². The minimum absolute atomic E-state index is 0.0665. The van der Waals surface area contributed by atoms with E-state index in [1.807, 2.05) is 102 Å². The van der Waals surface area contributed by atoms with Gasteiger partial charge in [-0.05, 0) is 60.4 Å². The minimum atomic E-state index is -0.831. The topological polar surface area (TPSA) is 96.3 Å². The Morgan fingerprint density at radius 1 is 0.745 bits per heavy atom. The number of piperazine rings is 1. The number of nitrogens with zero attached hydrogens (tertiary/aromatic N) is 3. The second kappa shape index (κ2) is 17.8. The number of carbonyl (C=O) groups is 2. The van der Waals surface area contributed by atoms with Gasteiger partial charge < -0.3 is 29.4 Å². The maximum absolute atomic E-state index is 14.3. The number of benzene rings is 5. The number of aryl methyl sites for hydroxylation is 1. The molecule has 1 aliphatic heterocycles. The number of carbonyl (C=O) groups excluding carboxylic acids is 1. The molecule has 1 aromatic heterocycles. The summed E-state index contributed by atoms with van der Waals surface area (Å²) in [6.45, 7) is 5.66. The molecule has 55 heavy (non-hydrogen) atoms. The fourth-order valence-corrected chi connectivity index (χ4v) is 7.45. The molecule has 0 amide bonds. The Balaban J connectivity index is 1.11. The van der Waals surface area contributed by atoms with Crippen LogP contribution in [-0.2, 0) is 11.3 Å². The van der Waals surface area contributed by atoms with Gasteiger partial charge in [-0.3, -0.25) is 14.5 Å². The summed E-state index contributed by atoms with van der Waals surface area (Å²) in [7, 11) is 1.72. The van der Waals surface area contributed by atoms with E-state index in [2.05, 4.69) is 51.5 Å². The third kappa shape index (κ3) is 9.01. The Kier molecular flexibility index (Phi) is 12.1. The van der Waals surface area contributed by atoms with Crippen LogP contribution in [0.3, 0.4) is 0 Å². The standard InChI is InChI=1S/C46H48N4O5/c1-54-42-21-11-10-20-41(42)49-29-27-48(28-30-49)25-13-31-55-43-32-36(46(53)38-33-50(26-12-22-44(51)52)40-19-9-8-18-37(38)40)23-24-39(43)47-45(34-14-4-2-5-15-34)35-16-6-3-7-17-35/h2-11,14-21,23-24,32-33,45,47H,12-13,22,25-31H2,1H3,(H,51,52). The zero-order valence-electron chi connectivity index (χ0n) is 31.3. The molecule has 0 atom stereocenters. The molecule has 7 rings (SSSR count). The van der Waals surface area contributed by atoms with Crippen molar-refractivity contribution >= 4 is 34.0 Å². The predicted octanol–water partition coefficient (Wildman–Crippen LogP) is 8.54. The fourth-order valence-electron chi connectivity index (χ4n) is 7.45. The van der Waals surface area contributed by atoms with E-state index in [4.69, 9.17) is 9.47 Å². The number of hydrogen-bond acceptors (Lipinski definition) is 7. The van der Waals surface area contributed by atoms with Gasteiger partial charge in [-0.1, -0.05) is 91.0 Å². The smallest absolute Gasteiger partial charge is 0.303 e. The van der Waals surface area contributed by atoms with Crippen LogP contribution in [0.4, 0.5) is 11.4 Å². The molecule has 0 radical (unpaired) electrons. The molecule has 0 bridgehead atoms. The van der Waals surface area contributed by atoms with E-state index in [-0.39, 0.29) is 18.2 Å². The van der Waals surface area contributed by atoms with Crippen molar-refractivity contribution in [2.24, 2.45) is 0 Å². The van der Waals surface area contributed by atoms with E-state index in [1.54, 1.807) is 7.11 Å². The van der Waals surface area contributed by atoms with E-state index in [1.165, 1.54) is 0 Å². The molecule has 0 spiro atoms. The van der Waals surface area contributed by atoms with Crippen molar-refractivity contribution in [1.82, 2.24) is 9.47 Å². The van der Waals surface area contributed by atoms with Crippen LogP contribution >= 0.6 is 0 Å². The first-order chi connectivity index (χ1) is 27.0. The largest absolute Gasteiger partial charge is 0.495 e. The van der Waals surface area contributed by atoms with Crippen LogP contribution in [0, 0.1) is 0 Å². The van der Waals surface area contributed by atoms with Crippen molar-refractivity contribution in [2.75, 3.05) is 56.7 Å². The Morgan fingerprint density at radius 2 is 1.42 bits per heavy atom. The van der Waals surface area contributed by atoms with Crippen LogP contribution < -0.4 is 19.7 Å². The van der Waals surface area contributed by atoms with Crippen LogP contribution in [-0.4, -0.2) is 72.8 Å². The average Bonchev–Trinajstić information content (AvgIpc) is 3.60. The van der Waals surface area contributed by atoms with E-state index < -0.39 is 5.97 Å². The van der Waals surface area contributed by atoms with Crippen molar-refractivity contribution in [3.63, 3.8) is 0 Å². The van der Waals surface area contributed by atoms with Crippen molar-refractivity contribution in [1.29, 1.82) is 0 Å². The van der Waals surface area contributed by atoms with Crippen molar-refractivity contribution < 1.29 is 24.2 Å². The van der Waals surface area contributed by atoms with Crippen molar-refractivity contribution in [2.45, 2.75) is 31.8 Å². The summed E-state index contributed by atoms with van der Waals surface area (Å²) < 4.78 is 14.2. The Bertz CT molecular complexity index is 2160. The Labute approximate surface area is 322 Å². The van der Waals surface area contributed by atoms with Gasteiger partial charge in [-0.15, -0.1) is 0 Å². The highest BCUT2D eigenvalue weighted by atomic mass is 16.5. The first kappa shape index (κ1) is 37.3. The summed E-state index contributed by atoms with van der Waals surface area (Å²) in [6, 6.07) is 42.2. The van der Waals surface area contributed by atoms with E-state index >= 15 is 0 Å². The monoisotopic (exact) mass is 736 g/mol. The fraction of sp³-hybridized carbons (Fsp3) is 0.261. The summed E-state index contributed by atoms with van der Waals surface area (Å²) in [5.41, 5.74) is 6.17. The number of rotatable bonds is 17. The van der Waals surface area contributed by atoms with Crippen molar-refractivity contribution in [3.8, 4) is 11.5 Å². The molecule has 1 saturated heterocycles. The lowest BCUT2D eigenvalue weighted by molar-refractivity contribution is -0.137. The highest BCUT2D eigenvalue weighted by Gasteiger charge is 2.22. The van der Waals surface area contributed by atoms with Gasteiger partial charge in [-0.25, -0.2) is 0 Å². The van der Waals surface area contributed by atoms with Gasteiger partial charge in [0.1, 0.15) is 11.5 Å². The molecule has 2 N–H and O–H groups in total. The Morgan fingerprint density at radius 3 is 2.13 bits per heavy atom. The summed E-state index contributed by atoms with van der Waals surface area (Å²) in [5, 5.41) is 13.8. The molecule has 0 saturated carbocycles. The van der Waals surface area contributed by atoms with E-state index in [0.29, 0.717) is 36.4 Å². The lowest BCUT2D eigenvalue weighted by Gasteiger charge is -2.36. The molecule has 6 aromatic rings. The lowest BCUT2D eigenvalue weighted by atomic mass is 9.97. The van der Waals surface area contributed by atoms with E-state index in [0.717, 1.165) is 78.3 Å². The first-order valence-electron chi connectivity index (χ1n) is 19.1. The highest BCUT2D eigenvalue weighted by Crippen LogP contribution is 2.35. The molecule has 5 aromatic carbocycles. The number of anilines is 2. The molecular weight excluding hydrogens is 689 g/mol. The van der Waals surface area contributed by atoms with Gasteiger partial charge in [0.05, 0.1) is 31.1 Å². The summed E-state index contributed by atoms with van der Waals surface area (Å²) >= 11 is 0. The number of methoxy groups -OCH3 is 1. The second-order valence-electron chi connectivity index (χ2n) is 13.9. The number of aliphatic carboxylic acids is 1. The zero-order valence-corrected chi connectivity index (χ0v) is 31.3. The molecule has 282 valence electrons. The third-order valence-electron chi connectivity index (χ3n) is 10.3. The highest BCUT2D eigenvalue weighted by molar-refractivity contribution is 6.16. The van der Waals surface area contributed by atoms with Gasteiger partial charge in [-0.2, -0.15) is 0 Å². The number of fused-ring (bicyclic) bond motifs is 1. The molecule has 0 unspecified atom stereocenters. The molecule has 2 heterocycles. The summed E-state index contributed by atoms with van der Waals surface area (Å²) in [6.07, 6.45) is 3.23. The lowest BCUT2D eigenvalue weighted by Crippen LogP contribution is -2.46. The maximum atomic E-state index is 14.3. The molecule has 9 nitrogen and oxygen atoms in total. The molecular formula is C46H48N4O5. The summed E-state index contributed by atoms with van der Waals surface area (Å²) in [4.78, 5) is 30.4. The van der Waals surface area contributed by atoms with Gasteiger partial charge >= 0.3 is 5.97 Å². The van der Waals surface area contributed by atoms with Gasteiger partial charge in [0.15, 0.2) is 5.78 Å². The van der Waals surface area contributed by atoms with Crippen LogP contribution in [0.5, 0.6) is 11.5 Å². The zero-order chi connectivity index (χ0) is 38.0. The summed E-state index contributed by atoms with van der Waals surface area (Å²) in [5.74, 6) is 0.578. The number of aromatic nitrogens is 1. The minimum Gasteiger partial charge on any atom is -0.495 e. The number of carboxylic acids is 1. The average molecular weight is 737 g/mol. The van der Waals surface area contributed by atoms with E-state index in [9.17, 15) is 14.7 Å². The van der Waals surface area contributed by atoms with Crippen LogP contribution in [0.25, 0.3) is 10.9 Å². The number of para-hydroxylation sites is 3. The Hall–Kier alpha value is -6.06. The predicted molar refractivity (Wildman–Crippen MR) is 219 cm³/mol. The van der Waals surface area contributed by atoms with Gasteiger partial charge in [0.2, 0.25) is 0 Å². The number of nitrogens with one attached hydrogen (secondary N) is 1. The van der Waals surface area contributed by atoms with Crippen LogP contribution in [0.15, 0.2) is 134 Å². The maximum Gasteiger partial charge on any atom is 0.303 e. The molecule has 9 heteroatoms. The first-order valence-corrected chi connectivity index (χ1v) is 19.1. The van der Waals surface area contributed by atoms with Crippen LogP contribution in [0.2, 0.25) is 0 Å². The normalized spacial score (nSPS) is 13.2. The molecule has 1 aliphatic rings. The third-order valence-corrected chi connectivity index (χ3v) is 10.3. The van der Waals surface area contributed by atoms with Gasteiger partial charge in [0.25, 0.3) is 0 Å².